The molecule has 0 unspecified atom stereocenters. The number of nitrogens with one attached hydrogen (secondary N) is 2. The Labute approximate surface area is 222 Å². The summed E-state index contributed by atoms with van der Waals surface area (Å²) in [7, 11) is 0. The van der Waals surface area contributed by atoms with E-state index in [1.807, 2.05) is 30.3 Å². The van der Waals surface area contributed by atoms with Crippen molar-refractivity contribution in [2.45, 2.75) is 63.7 Å². The van der Waals surface area contributed by atoms with E-state index in [0.29, 0.717) is 19.4 Å². The number of phenols is 1. The molecular weight excluding hydrogens is 486 g/mol. The van der Waals surface area contributed by atoms with Crippen molar-refractivity contribution in [2.75, 3.05) is 6.54 Å². The summed E-state index contributed by atoms with van der Waals surface area (Å²) in [5.41, 5.74) is 13.4. The smallest absolute Gasteiger partial charge is 0.243 e. The van der Waals surface area contributed by atoms with Gasteiger partial charge in [-0.1, -0.05) is 56.3 Å². The van der Waals surface area contributed by atoms with Crippen LogP contribution < -0.4 is 22.1 Å². The summed E-state index contributed by atoms with van der Waals surface area (Å²) in [6.45, 7) is 3.96. The number of rotatable bonds is 11. The molecule has 2 aromatic carbocycles. The fraction of sp³-hybridized carbons (Fsp3) is 0.429. The SMILES string of the molecule is CC(C)[C@H](NC(=O)[C@@H]1CCCN1C(=O)[C@@H](N)Cc1ccc(O)cc1)C(=O)N[C@@H](Cc1ccccc1)C(N)=O. The third-order valence-electron chi connectivity index (χ3n) is 6.74. The van der Waals surface area contributed by atoms with Gasteiger partial charge in [-0.05, 0) is 48.4 Å². The predicted octanol–water partition coefficient (Wildman–Crippen LogP) is 0.607. The number of hydrogen-bond donors (Lipinski definition) is 5. The van der Waals surface area contributed by atoms with E-state index < -0.39 is 41.9 Å². The minimum Gasteiger partial charge on any atom is -0.508 e. The first-order chi connectivity index (χ1) is 18.1. The molecule has 0 saturated carbocycles. The zero-order valence-electron chi connectivity index (χ0n) is 21.8. The summed E-state index contributed by atoms with van der Waals surface area (Å²) in [6, 6.07) is 12.1. The summed E-state index contributed by atoms with van der Waals surface area (Å²) >= 11 is 0. The van der Waals surface area contributed by atoms with Crippen LogP contribution in [-0.4, -0.2) is 64.3 Å². The van der Waals surface area contributed by atoms with Crippen molar-refractivity contribution < 1.29 is 24.3 Å². The summed E-state index contributed by atoms with van der Waals surface area (Å²) in [4.78, 5) is 53.0. The lowest BCUT2D eigenvalue weighted by Gasteiger charge is -2.30. The van der Waals surface area contributed by atoms with E-state index in [1.54, 1.807) is 26.0 Å². The van der Waals surface area contributed by atoms with Gasteiger partial charge in [0.25, 0.3) is 0 Å². The van der Waals surface area contributed by atoms with Crippen LogP contribution in [0.4, 0.5) is 0 Å². The van der Waals surface area contributed by atoms with Gasteiger partial charge in [-0.3, -0.25) is 19.2 Å². The summed E-state index contributed by atoms with van der Waals surface area (Å²) in [5, 5.41) is 14.9. The molecule has 1 aliphatic heterocycles. The standard InChI is InChI=1S/C28H37N5O5/c1-17(2)24(27(37)31-22(25(30)35)16-18-7-4-3-5-8-18)32-26(36)23-9-6-14-33(23)28(38)21(29)15-19-10-12-20(34)13-11-19/h3-5,7-8,10-13,17,21-24,34H,6,9,14-16,29H2,1-2H3,(H2,30,35)(H,31,37)(H,32,36)/t21-,22-,23-,24-/m0/s1. The van der Waals surface area contributed by atoms with Crippen LogP contribution >= 0.6 is 0 Å². The Hall–Kier alpha value is -3.92. The van der Waals surface area contributed by atoms with E-state index >= 15 is 0 Å². The van der Waals surface area contributed by atoms with Gasteiger partial charge in [0.2, 0.25) is 23.6 Å². The third kappa shape index (κ3) is 7.55. The second-order valence-electron chi connectivity index (χ2n) is 10.1. The van der Waals surface area contributed by atoms with E-state index in [4.69, 9.17) is 11.5 Å². The van der Waals surface area contributed by atoms with Crippen LogP contribution in [0.1, 0.15) is 37.8 Å². The molecule has 1 aliphatic rings. The Morgan fingerprint density at radius 3 is 2.21 bits per heavy atom. The van der Waals surface area contributed by atoms with Gasteiger partial charge in [-0.15, -0.1) is 0 Å². The minimum absolute atomic E-state index is 0.121. The normalized spacial score (nSPS) is 17.5. The molecule has 0 aromatic heterocycles. The Kier molecular flexibility index (Phi) is 9.84. The first-order valence-corrected chi connectivity index (χ1v) is 12.8. The molecule has 204 valence electrons. The second kappa shape index (κ2) is 13.0. The van der Waals surface area contributed by atoms with E-state index in [0.717, 1.165) is 11.1 Å². The highest BCUT2D eigenvalue weighted by molar-refractivity contribution is 5.95. The number of nitrogens with two attached hydrogens (primary N) is 2. The molecule has 10 nitrogen and oxygen atoms in total. The van der Waals surface area contributed by atoms with Crippen molar-refractivity contribution in [2.24, 2.45) is 17.4 Å². The number of carbonyl (C=O) groups is 4. The number of likely N-dealkylation sites (tertiary alicyclic amines) is 1. The molecule has 1 fully saturated rings. The summed E-state index contributed by atoms with van der Waals surface area (Å²) < 4.78 is 0. The van der Waals surface area contributed by atoms with Crippen LogP contribution in [0.2, 0.25) is 0 Å². The van der Waals surface area contributed by atoms with E-state index in [1.165, 1.54) is 17.0 Å². The molecule has 0 spiro atoms. The molecule has 4 amide bonds. The predicted molar refractivity (Wildman–Crippen MR) is 143 cm³/mol. The van der Waals surface area contributed by atoms with Crippen molar-refractivity contribution in [3.8, 4) is 5.75 Å². The maximum Gasteiger partial charge on any atom is 0.243 e. The second-order valence-corrected chi connectivity index (χ2v) is 10.1. The number of primary amides is 1. The van der Waals surface area contributed by atoms with Crippen molar-refractivity contribution in [3.05, 3.63) is 65.7 Å². The Balaban J connectivity index is 1.64. The van der Waals surface area contributed by atoms with Gasteiger partial charge in [0.1, 0.15) is 23.9 Å². The molecule has 2 aromatic rings. The Bertz CT molecular complexity index is 1120. The van der Waals surface area contributed by atoms with Crippen LogP contribution in [0.15, 0.2) is 54.6 Å². The highest BCUT2D eigenvalue weighted by Gasteiger charge is 2.38. The number of nitrogens with zero attached hydrogens (tertiary/aromatic N) is 1. The lowest BCUT2D eigenvalue weighted by atomic mass is 10.0. The van der Waals surface area contributed by atoms with Crippen molar-refractivity contribution in [1.82, 2.24) is 15.5 Å². The molecular formula is C28H37N5O5. The van der Waals surface area contributed by atoms with Gasteiger partial charge in [0.05, 0.1) is 6.04 Å². The summed E-state index contributed by atoms with van der Waals surface area (Å²) in [5.74, 6) is -2.15. The lowest BCUT2D eigenvalue weighted by Crippen LogP contribution is -2.58. The van der Waals surface area contributed by atoms with Crippen molar-refractivity contribution in [1.29, 1.82) is 0 Å². The first-order valence-electron chi connectivity index (χ1n) is 12.8. The van der Waals surface area contributed by atoms with Gasteiger partial charge in [-0.25, -0.2) is 0 Å². The largest absolute Gasteiger partial charge is 0.508 e. The maximum atomic E-state index is 13.3. The third-order valence-corrected chi connectivity index (χ3v) is 6.74. The molecule has 7 N–H and O–H groups in total. The topological polar surface area (TPSA) is 168 Å². The number of aromatic hydroxyl groups is 1. The zero-order valence-corrected chi connectivity index (χ0v) is 21.8. The van der Waals surface area contributed by atoms with E-state index in [9.17, 15) is 24.3 Å². The highest BCUT2D eigenvalue weighted by Crippen LogP contribution is 2.20. The molecule has 10 heteroatoms. The maximum absolute atomic E-state index is 13.3. The van der Waals surface area contributed by atoms with E-state index in [-0.39, 0.29) is 30.4 Å². The average Bonchev–Trinajstić information content (AvgIpc) is 3.38. The molecule has 3 rings (SSSR count). The molecule has 0 radical (unpaired) electrons. The van der Waals surface area contributed by atoms with Crippen LogP contribution in [0.3, 0.4) is 0 Å². The number of carbonyl (C=O) groups excluding carboxylic acids is 4. The van der Waals surface area contributed by atoms with Crippen LogP contribution in [0, 0.1) is 5.92 Å². The van der Waals surface area contributed by atoms with Crippen LogP contribution in [0.25, 0.3) is 0 Å². The average molecular weight is 524 g/mol. The quantitative estimate of drug-likeness (QED) is 0.289. The molecule has 0 aliphatic carbocycles. The van der Waals surface area contributed by atoms with Crippen LogP contribution in [-0.2, 0) is 32.0 Å². The highest BCUT2D eigenvalue weighted by atomic mass is 16.3. The molecule has 4 atom stereocenters. The molecule has 1 heterocycles. The molecule has 1 saturated heterocycles. The summed E-state index contributed by atoms with van der Waals surface area (Å²) in [6.07, 6.45) is 1.57. The molecule has 38 heavy (non-hydrogen) atoms. The lowest BCUT2D eigenvalue weighted by molar-refractivity contribution is -0.140. The number of phenolic OH excluding ortho intramolecular Hbond substituents is 1. The number of benzene rings is 2. The fourth-order valence-electron chi connectivity index (χ4n) is 4.61. The van der Waals surface area contributed by atoms with Crippen LogP contribution in [0.5, 0.6) is 5.75 Å². The van der Waals surface area contributed by atoms with Gasteiger partial charge in [-0.2, -0.15) is 0 Å². The Morgan fingerprint density at radius 1 is 0.974 bits per heavy atom. The molecule has 0 bridgehead atoms. The fourth-order valence-corrected chi connectivity index (χ4v) is 4.61. The van der Waals surface area contributed by atoms with Gasteiger partial charge in [0, 0.05) is 13.0 Å². The zero-order chi connectivity index (χ0) is 27.8. The Morgan fingerprint density at radius 2 is 1.61 bits per heavy atom. The van der Waals surface area contributed by atoms with Crippen molar-refractivity contribution in [3.63, 3.8) is 0 Å². The first kappa shape index (κ1) is 28.6. The number of hydrogen-bond acceptors (Lipinski definition) is 6. The van der Waals surface area contributed by atoms with Gasteiger partial charge < -0.3 is 32.1 Å². The van der Waals surface area contributed by atoms with E-state index in [2.05, 4.69) is 10.6 Å². The van der Waals surface area contributed by atoms with Crippen molar-refractivity contribution >= 4 is 23.6 Å². The van der Waals surface area contributed by atoms with Gasteiger partial charge >= 0.3 is 0 Å². The van der Waals surface area contributed by atoms with Gasteiger partial charge in [0.15, 0.2) is 0 Å². The number of amides is 4. The monoisotopic (exact) mass is 523 g/mol. The minimum atomic E-state index is -0.939.